The van der Waals surface area contributed by atoms with Gasteiger partial charge >= 0.3 is 0 Å². The van der Waals surface area contributed by atoms with Crippen molar-refractivity contribution in [2.45, 2.75) is 18.8 Å². The average Bonchev–Trinajstić information content (AvgIpc) is 2.39. The standard InChI is InChI=1S/C15H11Cl2NO/c16-11-4-2-1-3-10(11)9-7-13-15(14(19)8-9)12(17)5-6-18-13/h1-6,9H,7-8H2/t9-/m0/s1. The predicted molar refractivity (Wildman–Crippen MR) is 76.1 cm³/mol. The van der Waals surface area contributed by atoms with E-state index < -0.39 is 0 Å². The Kier molecular flexibility index (Phi) is 3.29. The molecule has 0 fully saturated rings. The van der Waals surface area contributed by atoms with E-state index >= 15 is 0 Å². The van der Waals surface area contributed by atoms with Crippen LogP contribution in [0.25, 0.3) is 0 Å². The molecule has 0 amide bonds. The first-order valence-electron chi connectivity index (χ1n) is 6.08. The number of hydrogen-bond acceptors (Lipinski definition) is 2. The topological polar surface area (TPSA) is 30.0 Å². The van der Waals surface area contributed by atoms with Crippen molar-refractivity contribution < 1.29 is 4.79 Å². The number of rotatable bonds is 1. The van der Waals surface area contributed by atoms with Gasteiger partial charge in [0.2, 0.25) is 0 Å². The molecule has 0 saturated carbocycles. The van der Waals surface area contributed by atoms with Gasteiger partial charge in [0.15, 0.2) is 5.78 Å². The molecule has 4 heteroatoms. The summed E-state index contributed by atoms with van der Waals surface area (Å²) in [4.78, 5) is 16.5. The molecule has 96 valence electrons. The van der Waals surface area contributed by atoms with E-state index in [0.717, 1.165) is 11.3 Å². The second kappa shape index (κ2) is 4.95. The molecule has 0 aliphatic heterocycles. The molecule has 0 N–H and O–H groups in total. The lowest BCUT2D eigenvalue weighted by atomic mass is 9.81. The molecule has 2 aromatic rings. The normalized spacial score (nSPS) is 18.2. The molecule has 1 aromatic carbocycles. The third-order valence-electron chi connectivity index (χ3n) is 3.47. The van der Waals surface area contributed by atoms with Gasteiger partial charge in [0.1, 0.15) is 0 Å². The highest BCUT2D eigenvalue weighted by Gasteiger charge is 2.29. The Morgan fingerprint density at radius 2 is 1.84 bits per heavy atom. The smallest absolute Gasteiger partial charge is 0.166 e. The van der Waals surface area contributed by atoms with Crippen LogP contribution in [0.5, 0.6) is 0 Å². The third kappa shape index (κ3) is 2.26. The molecular weight excluding hydrogens is 281 g/mol. The number of pyridine rings is 1. The number of carbonyl (C=O) groups excluding carboxylic acids is 1. The highest BCUT2D eigenvalue weighted by molar-refractivity contribution is 6.34. The van der Waals surface area contributed by atoms with Gasteiger partial charge in [0.05, 0.1) is 16.3 Å². The molecule has 0 unspecified atom stereocenters. The number of Topliss-reactive ketones (excluding diaryl/α,β-unsaturated/α-hetero) is 1. The third-order valence-corrected chi connectivity index (χ3v) is 4.13. The lowest BCUT2D eigenvalue weighted by molar-refractivity contribution is 0.0963. The number of aromatic nitrogens is 1. The molecule has 1 aromatic heterocycles. The van der Waals surface area contributed by atoms with E-state index in [0.29, 0.717) is 28.5 Å². The van der Waals surface area contributed by atoms with E-state index in [1.807, 2.05) is 24.3 Å². The monoisotopic (exact) mass is 291 g/mol. The van der Waals surface area contributed by atoms with Crippen molar-refractivity contribution in [1.29, 1.82) is 0 Å². The molecule has 1 aliphatic carbocycles. The summed E-state index contributed by atoms with van der Waals surface area (Å²) in [5.74, 6) is 0.129. The van der Waals surface area contributed by atoms with E-state index in [-0.39, 0.29) is 11.7 Å². The Balaban J connectivity index is 2.03. The number of ketones is 1. The first-order chi connectivity index (χ1) is 9.16. The van der Waals surface area contributed by atoms with Crippen molar-refractivity contribution in [3.8, 4) is 0 Å². The van der Waals surface area contributed by atoms with Gasteiger partial charge < -0.3 is 0 Å². The van der Waals surface area contributed by atoms with Crippen molar-refractivity contribution in [3.63, 3.8) is 0 Å². The zero-order chi connectivity index (χ0) is 13.4. The van der Waals surface area contributed by atoms with Gasteiger partial charge in [0.25, 0.3) is 0 Å². The number of halogens is 2. The summed E-state index contributed by atoms with van der Waals surface area (Å²) in [7, 11) is 0. The van der Waals surface area contributed by atoms with Crippen molar-refractivity contribution in [1.82, 2.24) is 4.98 Å². The van der Waals surface area contributed by atoms with Crippen molar-refractivity contribution in [2.24, 2.45) is 0 Å². The molecule has 2 nitrogen and oxygen atoms in total. The van der Waals surface area contributed by atoms with Crippen LogP contribution in [-0.4, -0.2) is 10.8 Å². The fourth-order valence-electron chi connectivity index (χ4n) is 2.58. The fraction of sp³-hybridized carbons (Fsp3) is 0.200. The summed E-state index contributed by atoms with van der Waals surface area (Å²) < 4.78 is 0. The molecule has 3 rings (SSSR count). The maximum absolute atomic E-state index is 12.2. The van der Waals surface area contributed by atoms with Crippen LogP contribution in [0.1, 0.15) is 34.0 Å². The van der Waals surface area contributed by atoms with Crippen LogP contribution in [0.3, 0.4) is 0 Å². The van der Waals surface area contributed by atoms with Crippen LogP contribution in [-0.2, 0) is 6.42 Å². The molecule has 1 atom stereocenters. The van der Waals surface area contributed by atoms with Crippen molar-refractivity contribution in [3.05, 3.63) is 63.4 Å². The molecular formula is C15H11Cl2NO. The highest BCUT2D eigenvalue weighted by Crippen LogP contribution is 2.36. The van der Waals surface area contributed by atoms with E-state index in [9.17, 15) is 4.79 Å². The minimum absolute atomic E-state index is 0.0456. The highest BCUT2D eigenvalue weighted by atomic mass is 35.5. The van der Waals surface area contributed by atoms with Gasteiger partial charge in [-0.1, -0.05) is 41.4 Å². The number of carbonyl (C=O) groups is 1. The van der Waals surface area contributed by atoms with Gasteiger partial charge in [0, 0.05) is 17.6 Å². The lowest BCUT2D eigenvalue weighted by Crippen LogP contribution is -2.20. The van der Waals surface area contributed by atoms with Crippen LogP contribution in [0.2, 0.25) is 10.0 Å². The van der Waals surface area contributed by atoms with Crippen molar-refractivity contribution in [2.75, 3.05) is 0 Å². The Morgan fingerprint density at radius 3 is 2.63 bits per heavy atom. The number of benzene rings is 1. The molecule has 19 heavy (non-hydrogen) atoms. The number of hydrogen-bond donors (Lipinski definition) is 0. The van der Waals surface area contributed by atoms with Crippen LogP contribution < -0.4 is 0 Å². The summed E-state index contributed by atoms with van der Waals surface area (Å²) >= 11 is 12.3. The van der Waals surface area contributed by atoms with E-state index in [1.54, 1.807) is 12.3 Å². The van der Waals surface area contributed by atoms with E-state index in [2.05, 4.69) is 4.98 Å². The number of fused-ring (bicyclic) bond motifs is 1. The van der Waals surface area contributed by atoms with Crippen LogP contribution in [0.4, 0.5) is 0 Å². The molecule has 0 radical (unpaired) electrons. The Hall–Kier alpha value is -1.38. The minimum Gasteiger partial charge on any atom is -0.294 e. The lowest BCUT2D eigenvalue weighted by Gasteiger charge is -2.24. The fourth-order valence-corrected chi connectivity index (χ4v) is 3.15. The molecule has 0 bridgehead atoms. The number of nitrogens with zero attached hydrogens (tertiary/aromatic N) is 1. The zero-order valence-corrected chi connectivity index (χ0v) is 11.6. The zero-order valence-electron chi connectivity index (χ0n) is 10.1. The Bertz CT molecular complexity index is 654. The van der Waals surface area contributed by atoms with E-state index in [1.165, 1.54) is 0 Å². The second-order valence-corrected chi connectivity index (χ2v) is 5.48. The van der Waals surface area contributed by atoms with Crippen LogP contribution in [0.15, 0.2) is 36.5 Å². The summed E-state index contributed by atoms with van der Waals surface area (Å²) in [5, 5.41) is 1.19. The Morgan fingerprint density at radius 1 is 1.05 bits per heavy atom. The van der Waals surface area contributed by atoms with Gasteiger partial charge in [-0.05, 0) is 30.0 Å². The first kappa shape index (κ1) is 12.6. The van der Waals surface area contributed by atoms with Crippen LogP contribution in [0, 0.1) is 0 Å². The summed E-state index contributed by atoms with van der Waals surface area (Å²) in [5.41, 5.74) is 2.35. The van der Waals surface area contributed by atoms with Crippen molar-refractivity contribution >= 4 is 29.0 Å². The largest absolute Gasteiger partial charge is 0.294 e. The molecule has 0 spiro atoms. The van der Waals surface area contributed by atoms with Crippen LogP contribution >= 0.6 is 23.2 Å². The average molecular weight is 292 g/mol. The first-order valence-corrected chi connectivity index (χ1v) is 6.83. The van der Waals surface area contributed by atoms with Gasteiger partial charge in [-0.15, -0.1) is 0 Å². The SMILES string of the molecule is O=C1C[C@@H](c2ccccc2Cl)Cc2nccc(Cl)c21. The second-order valence-electron chi connectivity index (χ2n) is 4.66. The summed E-state index contributed by atoms with van der Waals surface area (Å²) in [6.45, 7) is 0. The molecule has 1 heterocycles. The Labute approximate surface area is 121 Å². The van der Waals surface area contributed by atoms with E-state index in [4.69, 9.17) is 23.2 Å². The molecule has 0 saturated heterocycles. The van der Waals surface area contributed by atoms with Gasteiger partial charge in [-0.2, -0.15) is 0 Å². The minimum atomic E-state index is 0.0456. The van der Waals surface area contributed by atoms with Gasteiger partial charge in [-0.25, -0.2) is 0 Å². The summed E-state index contributed by atoms with van der Waals surface area (Å²) in [6, 6.07) is 9.30. The van der Waals surface area contributed by atoms with Gasteiger partial charge in [-0.3, -0.25) is 9.78 Å². The maximum Gasteiger partial charge on any atom is 0.166 e. The molecule has 1 aliphatic rings. The predicted octanol–water partition coefficient (Wildman–Crippen LogP) is 4.30. The quantitative estimate of drug-likeness (QED) is 0.784. The summed E-state index contributed by atoms with van der Waals surface area (Å²) in [6.07, 6.45) is 2.77. The maximum atomic E-state index is 12.2.